The van der Waals surface area contributed by atoms with Gasteiger partial charge in [-0.15, -0.1) is 0 Å². The molecule has 0 unspecified atom stereocenters. The molecule has 0 saturated carbocycles. The molecule has 4 rings (SSSR count). The van der Waals surface area contributed by atoms with E-state index in [4.69, 9.17) is 19.2 Å². The second kappa shape index (κ2) is 8.53. The summed E-state index contributed by atoms with van der Waals surface area (Å²) in [4.78, 5) is 7.39. The van der Waals surface area contributed by atoms with Gasteiger partial charge in [-0.25, -0.2) is 0 Å². The Morgan fingerprint density at radius 3 is 2.71 bits per heavy atom. The zero-order chi connectivity index (χ0) is 19.5. The quantitative estimate of drug-likeness (QED) is 0.853. The van der Waals surface area contributed by atoms with Crippen molar-refractivity contribution in [3.8, 4) is 11.5 Å². The van der Waals surface area contributed by atoms with Gasteiger partial charge in [-0.2, -0.15) is 0 Å². The smallest absolute Gasteiger partial charge is 0.163 e. The zero-order valence-corrected chi connectivity index (χ0v) is 17.2. The lowest BCUT2D eigenvalue weighted by atomic mass is 9.99. The number of fused-ring (bicyclic) bond motifs is 2. The molecule has 0 aliphatic carbocycles. The molecule has 28 heavy (non-hydrogen) atoms. The van der Waals surface area contributed by atoms with Crippen LogP contribution in [0.15, 0.2) is 12.1 Å². The van der Waals surface area contributed by atoms with E-state index in [9.17, 15) is 0 Å². The van der Waals surface area contributed by atoms with Crippen LogP contribution in [0, 0.1) is 0 Å². The number of methoxy groups -OCH3 is 1. The summed E-state index contributed by atoms with van der Waals surface area (Å²) in [6.45, 7) is 6.32. The molecule has 0 bridgehead atoms. The van der Waals surface area contributed by atoms with Crippen LogP contribution in [-0.2, 0) is 17.6 Å². The second-order valence-corrected chi connectivity index (χ2v) is 7.70. The minimum absolute atomic E-state index is 0.479. The van der Waals surface area contributed by atoms with Gasteiger partial charge in [0.05, 0.1) is 32.4 Å². The Morgan fingerprint density at radius 1 is 1.18 bits per heavy atom. The van der Waals surface area contributed by atoms with Crippen LogP contribution < -0.4 is 14.8 Å². The first kappa shape index (κ1) is 19.3. The van der Waals surface area contributed by atoms with Gasteiger partial charge in [-0.05, 0) is 58.0 Å². The summed E-state index contributed by atoms with van der Waals surface area (Å²) in [6.07, 6.45) is 4.05. The Labute approximate surface area is 167 Å². The van der Waals surface area contributed by atoms with Gasteiger partial charge in [-0.1, -0.05) is 0 Å². The first-order chi connectivity index (χ1) is 13.7. The van der Waals surface area contributed by atoms with E-state index in [1.54, 1.807) is 7.11 Å². The summed E-state index contributed by atoms with van der Waals surface area (Å²) >= 11 is 0. The van der Waals surface area contributed by atoms with Gasteiger partial charge < -0.3 is 24.4 Å². The highest BCUT2D eigenvalue weighted by Crippen LogP contribution is 2.38. The van der Waals surface area contributed by atoms with Crippen LogP contribution in [-0.4, -0.2) is 63.0 Å². The van der Waals surface area contributed by atoms with Crippen LogP contribution >= 0.6 is 0 Å². The third-order valence-electron chi connectivity index (χ3n) is 5.80. The van der Waals surface area contributed by atoms with Gasteiger partial charge in [0.1, 0.15) is 0 Å². The molecule has 6 nitrogen and oxygen atoms in total. The first-order valence-electron chi connectivity index (χ1n) is 10.4. The number of likely N-dealkylation sites (tertiary alicyclic amines) is 1. The van der Waals surface area contributed by atoms with Crippen LogP contribution in [0.1, 0.15) is 31.0 Å². The molecule has 0 atom stereocenters. The molecule has 2 aliphatic heterocycles. The number of pyridine rings is 1. The topological polar surface area (TPSA) is 55.9 Å². The van der Waals surface area contributed by atoms with Gasteiger partial charge in [0.25, 0.3) is 0 Å². The normalized spacial score (nSPS) is 18.5. The molecule has 3 heterocycles. The number of hydrogen-bond donors (Lipinski definition) is 1. The number of nitrogens with zero attached hydrogens (tertiary/aromatic N) is 2. The number of ether oxygens (including phenoxy) is 3. The number of aromatic nitrogens is 1. The van der Waals surface area contributed by atoms with E-state index in [-0.39, 0.29) is 0 Å². The first-order valence-corrected chi connectivity index (χ1v) is 10.4. The van der Waals surface area contributed by atoms with E-state index in [2.05, 4.69) is 23.3 Å². The minimum atomic E-state index is 0.479. The molecule has 0 spiro atoms. The Morgan fingerprint density at radius 2 is 1.96 bits per heavy atom. The minimum Gasteiger partial charge on any atom is -0.493 e. The number of anilines is 1. The summed E-state index contributed by atoms with van der Waals surface area (Å²) in [5.74, 6) is 1.51. The van der Waals surface area contributed by atoms with Crippen molar-refractivity contribution in [2.75, 3.05) is 52.4 Å². The summed E-state index contributed by atoms with van der Waals surface area (Å²) < 4.78 is 17.2. The fourth-order valence-corrected chi connectivity index (χ4v) is 4.23. The van der Waals surface area contributed by atoms with E-state index in [0.717, 1.165) is 80.1 Å². The SMILES string of the molecule is CCOc1cc2nc3c(c(NC4CCN(C)CC4)c2cc1OC)CCOCC3. The largest absolute Gasteiger partial charge is 0.493 e. The molecule has 2 aromatic rings. The number of piperidine rings is 1. The lowest BCUT2D eigenvalue weighted by Gasteiger charge is -2.31. The molecule has 1 N–H and O–H groups in total. The van der Waals surface area contributed by atoms with E-state index < -0.39 is 0 Å². The maximum absolute atomic E-state index is 5.79. The van der Waals surface area contributed by atoms with E-state index in [1.807, 2.05) is 13.0 Å². The Balaban J connectivity index is 1.82. The van der Waals surface area contributed by atoms with Gasteiger partial charge in [0.15, 0.2) is 11.5 Å². The number of nitrogens with one attached hydrogen (secondary N) is 1. The second-order valence-electron chi connectivity index (χ2n) is 7.70. The van der Waals surface area contributed by atoms with Gasteiger partial charge in [0, 0.05) is 35.3 Å². The molecule has 0 radical (unpaired) electrons. The predicted octanol–water partition coefficient (Wildman–Crippen LogP) is 3.26. The summed E-state index contributed by atoms with van der Waals surface area (Å²) in [5, 5.41) is 5.00. The highest BCUT2D eigenvalue weighted by Gasteiger charge is 2.23. The van der Waals surface area contributed by atoms with Crippen LogP contribution in [0.4, 0.5) is 5.69 Å². The van der Waals surface area contributed by atoms with Crippen LogP contribution in [0.3, 0.4) is 0 Å². The third kappa shape index (κ3) is 3.89. The molecule has 2 aliphatic rings. The summed E-state index contributed by atoms with van der Waals surface area (Å²) in [6, 6.07) is 4.58. The van der Waals surface area contributed by atoms with Crippen molar-refractivity contribution in [1.82, 2.24) is 9.88 Å². The molecule has 0 amide bonds. The van der Waals surface area contributed by atoms with Crippen molar-refractivity contribution in [2.24, 2.45) is 0 Å². The Kier molecular flexibility index (Phi) is 5.87. The maximum atomic E-state index is 5.79. The van der Waals surface area contributed by atoms with E-state index in [0.29, 0.717) is 12.6 Å². The molecular formula is C22H31N3O3. The number of hydrogen-bond acceptors (Lipinski definition) is 6. The van der Waals surface area contributed by atoms with Crippen molar-refractivity contribution in [3.05, 3.63) is 23.4 Å². The van der Waals surface area contributed by atoms with Crippen LogP contribution in [0.5, 0.6) is 11.5 Å². The van der Waals surface area contributed by atoms with Crippen molar-refractivity contribution < 1.29 is 14.2 Å². The lowest BCUT2D eigenvalue weighted by Crippen LogP contribution is -2.37. The average Bonchev–Trinajstić information content (AvgIpc) is 2.94. The van der Waals surface area contributed by atoms with Crippen molar-refractivity contribution >= 4 is 16.6 Å². The van der Waals surface area contributed by atoms with Crippen molar-refractivity contribution in [1.29, 1.82) is 0 Å². The predicted molar refractivity (Wildman–Crippen MR) is 112 cm³/mol. The molecular weight excluding hydrogens is 354 g/mol. The number of benzene rings is 1. The number of rotatable bonds is 5. The van der Waals surface area contributed by atoms with Crippen molar-refractivity contribution in [3.63, 3.8) is 0 Å². The molecule has 1 fully saturated rings. The fourth-order valence-electron chi connectivity index (χ4n) is 4.23. The monoisotopic (exact) mass is 385 g/mol. The lowest BCUT2D eigenvalue weighted by molar-refractivity contribution is 0.146. The third-order valence-corrected chi connectivity index (χ3v) is 5.80. The molecule has 1 aromatic heterocycles. The zero-order valence-electron chi connectivity index (χ0n) is 17.2. The maximum Gasteiger partial charge on any atom is 0.163 e. The van der Waals surface area contributed by atoms with Crippen LogP contribution in [0.25, 0.3) is 10.9 Å². The van der Waals surface area contributed by atoms with Gasteiger partial charge in [-0.3, -0.25) is 4.98 Å². The summed E-state index contributed by atoms with van der Waals surface area (Å²) in [7, 11) is 3.89. The summed E-state index contributed by atoms with van der Waals surface area (Å²) in [5.41, 5.74) is 4.62. The standard InChI is InChI=1S/C22H31N3O3/c1-4-28-21-14-19-17(13-20(21)26-3)22(23-15-5-9-25(2)10-6-15)16-7-11-27-12-8-18(16)24-19/h13-15H,4-12H2,1-3H3,(H,23,24). The van der Waals surface area contributed by atoms with Crippen molar-refractivity contribution in [2.45, 2.75) is 38.6 Å². The van der Waals surface area contributed by atoms with E-state index in [1.165, 1.54) is 11.3 Å². The highest BCUT2D eigenvalue weighted by atomic mass is 16.5. The Hall–Kier alpha value is -2.05. The molecule has 1 aromatic carbocycles. The fraction of sp³-hybridized carbons (Fsp3) is 0.591. The van der Waals surface area contributed by atoms with Gasteiger partial charge in [0.2, 0.25) is 0 Å². The van der Waals surface area contributed by atoms with Crippen LogP contribution in [0.2, 0.25) is 0 Å². The average molecular weight is 386 g/mol. The van der Waals surface area contributed by atoms with E-state index >= 15 is 0 Å². The molecule has 1 saturated heterocycles. The molecule has 152 valence electrons. The van der Waals surface area contributed by atoms with Gasteiger partial charge >= 0.3 is 0 Å². The Bertz CT molecular complexity index is 826. The highest BCUT2D eigenvalue weighted by molar-refractivity contribution is 5.96. The molecule has 6 heteroatoms.